The number of phenols is 1. The van der Waals surface area contributed by atoms with E-state index in [2.05, 4.69) is 4.98 Å². The number of rotatable bonds is 4. The number of hydrogen-bond donors (Lipinski definition) is 1. The summed E-state index contributed by atoms with van der Waals surface area (Å²) in [6, 6.07) is 3.20. The number of halogens is 1. The Morgan fingerprint density at radius 1 is 1.39 bits per heavy atom. The second-order valence-corrected chi connectivity index (χ2v) is 6.51. The Bertz CT molecular complexity index is 929. The molecule has 1 N–H and O–H groups in total. The zero-order valence-electron chi connectivity index (χ0n) is 12.9. The molecule has 1 aromatic carbocycles. The summed E-state index contributed by atoms with van der Waals surface area (Å²) in [7, 11) is 0. The van der Waals surface area contributed by atoms with Crippen LogP contribution in [0.25, 0.3) is 21.5 Å². The number of fused-ring (bicyclic) bond motifs is 1. The van der Waals surface area contributed by atoms with E-state index in [1.807, 2.05) is 19.2 Å². The Labute approximate surface area is 142 Å². The molecule has 2 heterocycles. The summed E-state index contributed by atoms with van der Waals surface area (Å²) in [5.74, 6) is 0.582. The van der Waals surface area contributed by atoms with Crippen LogP contribution in [-0.4, -0.2) is 10.1 Å². The molecule has 0 aliphatic carbocycles. The molecule has 3 rings (SSSR count). The highest BCUT2D eigenvalue weighted by molar-refractivity contribution is 7.13. The van der Waals surface area contributed by atoms with Crippen molar-refractivity contribution in [1.29, 1.82) is 0 Å². The van der Waals surface area contributed by atoms with E-state index in [-0.39, 0.29) is 17.1 Å². The van der Waals surface area contributed by atoms with E-state index in [4.69, 9.17) is 16.0 Å². The van der Waals surface area contributed by atoms with E-state index in [0.29, 0.717) is 33.7 Å². The van der Waals surface area contributed by atoms with Gasteiger partial charge in [-0.15, -0.1) is 22.9 Å². The number of thiazole rings is 1. The Hall–Kier alpha value is -1.85. The van der Waals surface area contributed by atoms with Gasteiger partial charge in [0.15, 0.2) is 0 Å². The van der Waals surface area contributed by atoms with E-state index in [9.17, 15) is 9.90 Å². The first kappa shape index (κ1) is 16.0. The molecule has 0 spiro atoms. The van der Waals surface area contributed by atoms with Crippen molar-refractivity contribution in [2.45, 2.75) is 32.6 Å². The van der Waals surface area contributed by atoms with Gasteiger partial charge >= 0.3 is 0 Å². The number of hydrogen-bond acceptors (Lipinski definition) is 5. The number of benzene rings is 1. The maximum absolute atomic E-state index is 13.0. The number of nitrogens with zero attached hydrogens (tertiary/aromatic N) is 1. The van der Waals surface area contributed by atoms with Crippen LogP contribution in [-0.2, 0) is 12.3 Å². The Morgan fingerprint density at radius 3 is 2.78 bits per heavy atom. The topological polar surface area (TPSA) is 63.3 Å². The van der Waals surface area contributed by atoms with E-state index < -0.39 is 0 Å². The quantitative estimate of drug-likeness (QED) is 0.698. The fourth-order valence-corrected chi connectivity index (χ4v) is 3.61. The lowest BCUT2D eigenvalue weighted by atomic mass is 10.0. The van der Waals surface area contributed by atoms with Gasteiger partial charge < -0.3 is 9.52 Å². The first-order chi connectivity index (χ1) is 11.0. The van der Waals surface area contributed by atoms with Gasteiger partial charge in [-0.05, 0) is 25.0 Å². The van der Waals surface area contributed by atoms with Crippen LogP contribution < -0.4 is 5.43 Å². The van der Waals surface area contributed by atoms with Crippen molar-refractivity contribution < 1.29 is 9.52 Å². The van der Waals surface area contributed by atoms with Crippen LogP contribution >= 0.6 is 22.9 Å². The van der Waals surface area contributed by atoms with Gasteiger partial charge in [-0.2, -0.15) is 0 Å². The molecule has 0 aliphatic heterocycles. The molecule has 0 atom stereocenters. The molecular formula is C17H16ClNO3S. The van der Waals surface area contributed by atoms with Crippen LogP contribution in [0.1, 0.15) is 30.4 Å². The molecule has 120 valence electrons. The predicted molar refractivity (Wildman–Crippen MR) is 93.5 cm³/mol. The van der Waals surface area contributed by atoms with E-state index in [1.54, 1.807) is 6.07 Å². The van der Waals surface area contributed by atoms with Gasteiger partial charge in [-0.3, -0.25) is 4.79 Å². The summed E-state index contributed by atoms with van der Waals surface area (Å²) in [5, 5.41) is 13.0. The van der Waals surface area contributed by atoms with Crippen molar-refractivity contribution in [2.75, 3.05) is 0 Å². The molecule has 0 unspecified atom stereocenters. The van der Waals surface area contributed by atoms with Gasteiger partial charge in [0.05, 0.1) is 16.8 Å². The molecule has 0 amide bonds. The Balaban J connectivity index is 2.33. The number of phenolic OH excluding ortho intramolecular Hbond substituents is 1. The lowest BCUT2D eigenvalue weighted by Crippen LogP contribution is -2.09. The second kappa shape index (κ2) is 6.34. The zero-order chi connectivity index (χ0) is 16.6. The molecule has 6 heteroatoms. The molecule has 23 heavy (non-hydrogen) atoms. The minimum atomic E-state index is -0.159. The number of alkyl halides is 1. The monoisotopic (exact) mass is 349 g/mol. The van der Waals surface area contributed by atoms with Gasteiger partial charge in [0.2, 0.25) is 5.43 Å². The summed E-state index contributed by atoms with van der Waals surface area (Å²) >= 11 is 7.36. The van der Waals surface area contributed by atoms with Gasteiger partial charge in [-0.25, -0.2) is 4.98 Å². The van der Waals surface area contributed by atoms with Crippen molar-refractivity contribution in [1.82, 2.24) is 4.98 Å². The summed E-state index contributed by atoms with van der Waals surface area (Å²) in [4.78, 5) is 17.3. The van der Waals surface area contributed by atoms with Crippen molar-refractivity contribution in [2.24, 2.45) is 0 Å². The lowest BCUT2D eigenvalue weighted by molar-refractivity contribution is 0.465. The van der Waals surface area contributed by atoms with Crippen LogP contribution in [0, 0.1) is 6.92 Å². The first-order valence-electron chi connectivity index (χ1n) is 7.35. The van der Waals surface area contributed by atoms with Crippen molar-refractivity contribution in [3.8, 4) is 16.3 Å². The Kier molecular flexibility index (Phi) is 4.41. The highest BCUT2D eigenvalue weighted by Gasteiger charge is 2.19. The second-order valence-electron chi connectivity index (χ2n) is 5.38. The number of aromatic nitrogens is 1. The molecule has 0 radical (unpaired) electrons. The third-order valence-corrected chi connectivity index (χ3v) is 4.86. The van der Waals surface area contributed by atoms with Crippen LogP contribution in [0.2, 0.25) is 0 Å². The molecule has 0 saturated carbocycles. The normalized spacial score (nSPS) is 11.3. The third-order valence-electron chi connectivity index (χ3n) is 3.64. The molecule has 0 saturated heterocycles. The van der Waals surface area contributed by atoms with Gasteiger partial charge in [-0.1, -0.05) is 13.3 Å². The molecule has 3 aromatic rings. The summed E-state index contributed by atoms with van der Waals surface area (Å²) in [6.07, 6.45) is 1.58. The van der Waals surface area contributed by atoms with Crippen LogP contribution in [0.15, 0.2) is 26.7 Å². The van der Waals surface area contributed by atoms with E-state index in [0.717, 1.165) is 17.7 Å². The minimum Gasteiger partial charge on any atom is -0.508 e. The fraction of sp³-hybridized carbons (Fsp3) is 0.294. The van der Waals surface area contributed by atoms with Crippen LogP contribution in [0.4, 0.5) is 0 Å². The molecule has 2 aromatic heterocycles. The predicted octanol–water partition coefficient (Wildman–Crippen LogP) is 4.62. The zero-order valence-corrected chi connectivity index (χ0v) is 14.4. The van der Waals surface area contributed by atoms with Crippen LogP contribution in [0.5, 0.6) is 5.75 Å². The average Bonchev–Trinajstić information content (AvgIpc) is 2.94. The summed E-state index contributed by atoms with van der Waals surface area (Å²) in [6.45, 7) is 3.90. The van der Waals surface area contributed by atoms with Crippen LogP contribution in [0.3, 0.4) is 0 Å². The number of aryl methyl sites for hydroxylation is 2. The van der Waals surface area contributed by atoms with Gasteiger partial charge in [0, 0.05) is 17.1 Å². The smallest absolute Gasteiger partial charge is 0.203 e. The molecular weight excluding hydrogens is 334 g/mol. The maximum Gasteiger partial charge on any atom is 0.203 e. The van der Waals surface area contributed by atoms with Crippen molar-refractivity contribution >= 4 is 33.9 Å². The highest BCUT2D eigenvalue weighted by Crippen LogP contribution is 2.31. The summed E-state index contributed by atoms with van der Waals surface area (Å²) in [5.41, 5.74) is 2.20. The maximum atomic E-state index is 13.0. The summed E-state index contributed by atoms with van der Waals surface area (Å²) < 4.78 is 5.78. The largest absolute Gasteiger partial charge is 0.508 e. The van der Waals surface area contributed by atoms with E-state index >= 15 is 0 Å². The minimum absolute atomic E-state index is 0.0661. The fourth-order valence-electron chi connectivity index (χ4n) is 2.57. The molecule has 0 aliphatic rings. The average molecular weight is 350 g/mol. The lowest BCUT2D eigenvalue weighted by Gasteiger charge is -2.09. The third kappa shape index (κ3) is 2.86. The number of aromatic hydroxyl groups is 1. The Morgan fingerprint density at radius 2 is 2.17 bits per heavy atom. The molecule has 0 bridgehead atoms. The van der Waals surface area contributed by atoms with Crippen molar-refractivity contribution in [3.63, 3.8) is 0 Å². The standard InChI is InChI=1S/C17H16ClNO3S/c1-3-4-10-5-11-13(6-12(10)20)22-14(7-18)15(16(11)21)17-19-9(2)8-23-17/h5-6,8,20H,3-4,7H2,1-2H3. The SMILES string of the molecule is CCCc1cc2c(=O)c(-c3nc(C)cs3)c(CCl)oc2cc1O. The first-order valence-corrected chi connectivity index (χ1v) is 8.76. The molecule has 4 nitrogen and oxygen atoms in total. The highest BCUT2D eigenvalue weighted by atomic mass is 35.5. The van der Waals surface area contributed by atoms with Gasteiger partial charge in [0.1, 0.15) is 22.1 Å². The van der Waals surface area contributed by atoms with Crippen molar-refractivity contribution in [3.05, 3.63) is 44.8 Å². The van der Waals surface area contributed by atoms with E-state index in [1.165, 1.54) is 17.4 Å². The van der Waals surface area contributed by atoms with Gasteiger partial charge in [0.25, 0.3) is 0 Å². The molecule has 0 fully saturated rings.